The fourth-order valence-corrected chi connectivity index (χ4v) is 4.99. The van der Waals surface area contributed by atoms with Gasteiger partial charge in [0.1, 0.15) is 0 Å². The maximum atomic E-state index is 13.1. The molecule has 4 aromatic rings. The number of aromatic nitrogens is 2. The smallest absolute Gasteiger partial charge is 0.230 e. The zero-order chi connectivity index (χ0) is 22.6. The minimum atomic E-state index is -0.0837. The third-order valence-corrected chi connectivity index (χ3v) is 6.69. The van der Waals surface area contributed by atoms with Crippen LogP contribution in [-0.4, -0.2) is 47.1 Å². The summed E-state index contributed by atoms with van der Waals surface area (Å²) < 4.78 is 5.41. The van der Waals surface area contributed by atoms with Crippen LogP contribution in [0.5, 0.6) is 0 Å². The number of fused-ring (bicyclic) bond motifs is 1. The first kappa shape index (κ1) is 21.7. The van der Waals surface area contributed by atoms with Crippen LogP contribution >= 0.6 is 11.3 Å². The van der Waals surface area contributed by atoms with Crippen LogP contribution in [0.1, 0.15) is 17.0 Å². The van der Waals surface area contributed by atoms with E-state index < -0.39 is 0 Å². The van der Waals surface area contributed by atoms with Crippen LogP contribution in [0.2, 0.25) is 0 Å². The highest BCUT2D eigenvalue weighted by molar-refractivity contribution is 7.13. The quantitative estimate of drug-likeness (QED) is 0.454. The molecule has 6 nitrogen and oxygen atoms in total. The lowest BCUT2D eigenvalue weighted by Gasteiger charge is -2.25. The fourth-order valence-electron chi connectivity index (χ4n) is 4.27. The van der Waals surface area contributed by atoms with Gasteiger partial charge in [0.05, 0.1) is 30.8 Å². The van der Waals surface area contributed by atoms with Crippen molar-refractivity contribution in [3.8, 4) is 11.1 Å². The average Bonchev–Trinajstić information content (AvgIpc) is 3.27. The summed E-state index contributed by atoms with van der Waals surface area (Å²) in [5.74, 6) is -0.0837. The predicted octanol–water partition coefficient (Wildman–Crippen LogP) is 4.68. The van der Waals surface area contributed by atoms with Gasteiger partial charge >= 0.3 is 0 Å². The van der Waals surface area contributed by atoms with Gasteiger partial charge in [0.2, 0.25) is 5.91 Å². The number of anilines is 1. The van der Waals surface area contributed by atoms with Crippen molar-refractivity contribution < 1.29 is 9.53 Å². The number of ether oxygens (including phenoxy) is 1. The molecule has 1 N–H and O–H groups in total. The Balaban J connectivity index is 1.38. The Kier molecular flexibility index (Phi) is 6.44. The van der Waals surface area contributed by atoms with Crippen LogP contribution in [0.4, 0.5) is 5.13 Å². The normalized spacial score (nSPS) is 14.5. The molecule has 0 bridgehead atoms. The highest BCUT2D eigenvalue weighted by atomic mass is 32.1. The molecule has 168 valence electrons. The summed E-state index contributed by atoms with van der Waals surface area (Å²) in [4.78, 5) is 24.8. The van der Waals surface area contributed by atoms with Crippen molar-refractivity contribution in [2.75, 3.05) is 31.6 Å². The van der Waals surface area contributed by atoms with E-state index in [0.717, 1.165) is 71.8 Å². The molecule has 1 aliphatic heterocycles. The number of morpholine rings is 1. The molecule has 5 rings (SSSR count). The first-order chi connectivity index (χ1) is 16.2. The van der Waals surface area contributed by atoms with E-state index >= 15 is 0 Å². The number of pyridine rings is 1. The van der Waals surface area contributed by atoms with E-state index in [1.54, 1.807) is 0 Å². The molecule has 3 heterocycles. The number of hydrogen-bond donors (Lipinski definition) is 1. The molecule has 0 unspecified atom stereocenters. The van der Waals surface area contributed by atoms with Crippen molar-refractivity contribution >= 4 is 33.3 Å². The van der Waals surface area contributed by atoms with Gasteiger partial charge < -0.3 is 10.1 Å². The fraction of sp³-hybridized carbons (Fsp3) is 0.269. The van der Waals surface area contributed by atoms with E-state index in [-0.39, 0.29) is 12.3 Å². The lowest BCUT2D eigenvalue weighted by molar-refractivity contribution is -0.115. The standard InChI is InChI=1S/C26H26N4O2S/c1-18-22(25(19-7-3-2-4-8-19)21-9-5-6-10-23(21)27-18)15-24(31)29-26-28-20(17-33-26)16-30-11-13-32-14-12-30/h2-10,17H,11-16H2,1H3,(H,28,29,31). The van der Waals surface area contributed by atoms with Crippen molar-refractivity contribution in [1.82, 2.24) is 14.9 Å². The second-order valence-electron chi connectivity index (χ2n) is 8.19. The molecular formula is C26H26N4O2S. The summed E-state index contributed by atoms with van der Waals surface area (Å²) in [6, 6.07) is 18.3. The van der Waals surface area contributed by atoms with Gasteiger partial charge in [-0.25, -0.2) is 4.98 Å². The Morgan fingerprint density at radius 3 is 2.64 bits per heavy atom. The van der Waals surface area contributed by atoms with Crippen molar-refractivity contribution in [3.63, 3.8) is 0 Å². The molecule has 0 radical (unpaired) electrons. The summed E-state index contributed by atoms with van der Waals surface area (Å²) in [6.07, 6.45) is 0.242. The number of nitrogens with one attached hydrogen (secondary N) is 1. The number of thiazole rings is 1. The van der Waals surface area contributed by atoms with Crippen LogP contribution < -0.4 is 5.32 Å². The van der Waals surface area contributed by atoms with Crippen molar-refractivity contribution in [2.45, 2.75) is 19.9 Å². The van der Waals surface area contributed by atoms with Gasteiger partial charge in [-0.1, -0.05) is 48.5 Å². The number of amides is 1. The zero-order valence-corrected chi connectivity index (χ0v) is 19.4. The topological polar surface area (TPSA) is 67.4 Å². The zero-order valence-electron chi connectivity index (χ0n) is 18.6. The number of benzene rings is 2. The van der Waals surface area contributed by atoms with Gasteiger partial charge in [-0.05, 0) is 29.7 Å². The van der Waals surface area contributed by atoms with Crippen molar-refractivity contribution in [3.05, 3.63) is 76.9 Å². The molecule has 1 amide bonds. The van der Waals surface area contributed by atoms with Crippen LogP contribution in [0.25, 0.3) is 22.0 Å². The first-order valence-electron chi connectivity index (χ1n) is 11.2. The molecule has 2 aromatic carbocycles. The maximum Gasteiger partial charge on any atom is 0.230 e. The number of hydrogen-bond acceptors (Lipinski definition) is 6. The lowest BCUT2D eigenvalue weighted by Crippen LogP contribution is -2.35. The molecule has 1 aliphatic rings. The third kappa shape index (κ3) is 4.95. The SMILES string of the molecule is Cc1nc2ccccc2c(-c2ccccc2)c1CC(=O)Nc1nc(CN2CCOCC2)cs1. The molecule has 2 aromatic heterocycles. The Morgan fingerprint density at radius 1 is 1.06 bits per heavy atom. The summed E-state index contributed by atoms with van der Waals surface area (Å²) in [5, 5.41) is 6.71. The Bertz CT molecular complexity index is 1270. The van der Waals surface area contributed by atoms with Gasteiger partial charge in [-0.15, -0.1) is 11.3 Å². The highest BCUT2D eigenvalue weighted by Gasteiger charge is 2.18. The van der Waals surface area contributed by atoms with Gasteiger partial charge in [0.15, 0.2) is 5.13 Å². The molecule has 0 saturated carbocycles. The summed E-state index contributed by atoms with van der Waals surface area (Å²) in [7, 11) is 0. The van der Waals surface area contributed by atoms with Crippen LogP contribution in [0.15, 0.2) is 60.0 Å². The second-order valence-corrected chi connectivity index (χ2v) is 9.05. The second kappa shape index (κ2) is 9.79. The first-order valence-corrected chi connectivity index (χ1v) is 12.0. The van der Waals surface area contributed by atoms with Gasteiger partial charge in [-0.2, -0.15) is 0 Å². The van der Waals surface area contributed by atoms with E-state index in [1.807, 2.05) is 48.7 Å². The van der Waals surface area contributed by atoms with Crippen LogP contribution in [-0.2, 0) is 22.5 Å². The molecule has 1 saturated heterocycles. The molecular weight excluding hydrogens is 432 g/mol. The number of carbonyl (C=O) groups is 1. The molecule has 0 atom stereocenters. The van der Waals surface area contributed by atoms with E-state index in [9.17, 15) is 4.79 Å². The Labute approximate surface area is 197 Å². The van der Waals surface area contributed by atoms with Gasteiger partial charge in [-0.3, -0.25) is 14.7 Å². The molecule has 0 aliphatic carbocycles. The number of rotatable bonds is 6. The maximum absolute atomic E-state index is 13.1. The van der Waals surface area contributed by atoms with Crippen LogP contribution in [0, 0.1) is 6.92 Å². The van der Waals surface area contributed by atoms with E-state index in [2.05, 4.69) is 33.4 Å². The van der Waals surface area contributed by atoms with E-state index in [4.69, 9.17) is 9.72 Å². The lowest BCUT2D eigenvalue weighted by atomic mass is 9.92. The minimum Gasteiger partial charge on any atom is -0.379 e. The predicted molar refractivity (Wildman–Crippen MR) is 132 cm³/mol. The summed E-state index contributed by atoms with van der Waals surface area (Å²) >= 11 is 1.47. The average molecular weight is 459 g/mol. The molecule has 7 heteroatoms. The monoisotopic (exact) mass is 458 g/mol. The summed E-state index contributed by atoms with van der Waals surface area (Å²) in [5.41, 5.74) is 5.89. The number of para-hydroxylation sites is 1. The Morgan fingerprint density at radius 2 is 1.82 bits per heavy atom. The molecule has 1 fully saturated rings. The number of nitrogens with zero attached hydrogens (tertiary/aromatic N) is 3. The number of aryl methyl sites for hydroxylation is 1. The highest BCUT2D eigenvalue weighted by Crippen LogP contribution is 2.33. The third-order valence-electron chi connectivity index (χ3n) is 5.89. The van der Waals surface area contributed by atoms with E-state index in [0.29, 0.717) is 5.13 Å². The van der Waals surface area contributed by atoms with Crippen LogP contribution in [0.3, 0.4) is 0 Å². The molecule has 0 spiro atoms. The summed E-state index contributed by atoms with van der Waals surface area (Å²) in [6.45, 7) is 6.10. The minimum absolute atomic E-state index is 0.0837. The largest absolute Gasteiger partial charge is 0.379 e. The Hall–Kier alpha value is -3.13. The van der Waals surface area contributed by atoms with Crippen molar-refractivity contribution in [1.29, 1.82) is 0 Å². The number of carbonyl (C=O) groups excluding carboxylic acids is 1. The van der Waals surface area contributed by atoms with Gasteiger partial charge in [0.25, 0.3) is 0 Å². The molecule has 33 heavy (non-hydrogen) atoms. The van der Waals surface area contributed by atoms with Crippen molar-refractivity contribution in [2.24, 2.45) is 0 Å². The van der Waals surface area contributed by atoms with Gasteiger partial charge in [0, 0.05) is 36.1 Å². The van der Waals surface area contributed by atoms with E-state index in [1.165, 1.54) is 11.3 Å².